The van der Waals surface area contributed by atoms with Gasteiger partial charge in [-0.25, -0.2) is 4.39 Å². The Hall–Kier alpha value is 0.400. The van der Waals surface area contributed by atoms with Gasteiger partial charge in [-0.3, -0.25) is 0 Å². The molecule has 0 aliphatic heterocycles. The molecule has 0 N–H and O–H groups in total. The zero-order chi connectivity index (χ0) is 8.10. The molecule has 0 bridgehead atoms. The first-order valence-corrected chi connectivity index (χ1v) is 5.52. The monoisotopic (exact) mass is 268 g/mol. The van der Waals surface area contributed by atoms with Crippen molar-refractivity contribution in [3.05, 3.63) is 9.91 Å². The Balaban J connectivity index is 2.24. The molecular formula is C9H14FI. The minimum atomic E-state index is 0.0671. The number of halogens is 2. The highest BCUT2D eigenvalue weighted by Crippen LogP contribution is 2.29. The molecule has 1 fully saturated rings. The zero-order valence-corrected chi connectivity index (χ0v) is 8.81. The summed E-state index contributed by atoms with van der Waals surface area (Å²) in [4.78, 5) is 0. The van der Waals surface area contributed by atoms with E-state index in [4.69, 9.17) is 0 Å². The molecule has 0 spiro atoms. The van der Waals surface area contributed by atoms with Gasteiger partial charge in [0.15, 0.2) is 0 Å². The topological polar surface area (TPSA) is 0 Å². The van der Waals surface area contributed by atoms with Crippen LogP contribution in [0.2, 0.25) is 0 Å². The van der Waals surface area contributed by atoms with Gasteiger partial charge >= 0.3 is 0 Å². The van der Waals surface area contributed by atoms with E-state index in [1.54, 1.807) is 4.08 Å². The number of hydrogen-bond donors (Lipinski definition) is 0. The first-order chi connectivity index (χ1) is 5.33. The third kappa shape index (κ3) is 3.54. The Morgan fingerprint density at radius 3 is 2.55 bits per heavy atom. The zero-order valence-electron chi connectivity index (χ0n) is 6.65. The lowest BCUT2D eigenvalue weighted by atomic mass is 9.87. The van der Waals surface area contributed by atoms with Crippen LogP contribution in [0.15, 0.2) is 9.91 Å². The van der Waals surface area contributed by atoms with E-state index in [-0.39, 0.29) is 5.83 Å². The summed E-state index contributed by atoms with van der Waals surface area (Å²) in [6.45, 7) is 0. The van der Waals surface area contributed by atoms with E-state index in [0.29, 0.717) is 12.3 Å². The highest BCUT2D eigenvalue weighted by atomic mass is 127. The van der Waals surface area contributed by atoms with Crippen LogP contribution in [0.1, 0.15) is 38.5 Å². The summed E-state index contributed by atoms with van der Waals surface area (Å²) in [5, 5.41) is 0. The van der Waals surface area contributed by atoms with Crippen LogP contribution in [-0.2, 0) is 0 Å². The van der Waals surface area contributed by atoms with E-state index in [1.807, 2.05) is 22.6 Å². The highest BCUT2D eigenvalue weighted by molar-refractivity contribution is 14.1. The molecule has 0 aromatic rings. The fraction of sp³-hybridized carbons (Fsp3) is 0.778. The molecule has 64 valence electrons. The summed E-state index contributed by atoms with van der Waals surface area (Å²) in [6, 6.07) is 0. The first-order valence-electron chi connectivity index (χ1n) is 4.27. The predicted octanol–water partition coefficient (Wildman–Crippen LogP) is 4.20. The standard InChI is InChI=1S/C9H14FI/c10-9(7-11)6-8-4-2-1-3-5-8/h7-8H,1-6H2/b9-7-. The normalized spacial score (nSPS) is 22.2. The molecule has 0 nitrogen and oxygen atoms in total. The molecule has 0 atom stereocenters. The average molecular weight is 268 g/mol. The number of allylic oxidation sites excluding steroid dienone is 1. The minimum Gasteiger partial charge on any atom is -0.211 e. The molecule has 0 saturated heterocycles. The Labute approximate surface area is 81.4 Å². The van der Waals surface area contributed by atoms with Gasteiger partial charge < -0.3 is 0 Å². The lowest BCUT2D eigenvalue weighted by Gasteiger charge is -2.20. The Morgan fingerprint density at radius 2 is 2.00 bits per heavy atom. The molecule has 1 saturated carbocycles. The van der Waals surface area contributed by atoms with Crippen molar-refractivity contribution in [3.63, 3.8) is 0 Å². The van der Waals surface area contributed by atoms with Gasteiger partial charge in [0.05, 0.1) is 0 Å². The van der Waals surface area contributed by atoms with Gasteiger partial charge in [-0.2, -0.15) is 0 Å². The summed E-state index contributed by atoms with van der Waals surface area (Å²) in [7, 11) is 0. The van der Waals surface area contributed by atoms with Crippen molar-refractivity contribution in [2.45, 2.75) is 38.5 Å². The van der Waals surface area contributed by atoms with E-state index < -0.39 is 0 Å². The van der Waals surface area contributed by atoms with Crippen molar-refractivity contribution < 1.29 is 4.39 Å². The van der Waals surface area contributed by atoms with E-state index in [9.17, 15) is 4.39 Å². The maximum atomic E-state index is 12.8. The van der Waals surface area contributed by atoms with Crippen LogP contribution in [0.5, 0.6) is 0 Å². The number of hydrogen-bond acceptors (Lipinski definition) is 0. The molecule has 0 unspecified atom stereocenters. The lowest BCUT2D eigenvalue weighted by Crippen LogP contribution is -2.05. The number of rotatable bonds is 2. The predicted molar refractivity (Wildman–Crippen MR) is 54.4 cm³/mol. The van der Waals surface area contributed by atoms with Crippen LogP contribution in [0.4, 0.5) is 4.39 Å². The summed E-state index contributed by atoms with van der Waals surface area (Å²) in [6.07, 6.45) is 7.11. The van der Waals surface area contributed by atoms with Crippen molar-refractivity contribution >= 4 is 22.6 Å². The Bertz CT molecular complexity index is 136. The summed E-state index contributed by atoms with van der Waals surface area (Å²) in [5.74, 6) is 0.701. The van der Waals surface area contributed by atoms with Crippen LogP contribution in [0, 0.1) is 5.92 Å². The SMILES string of the molecule is F/C(=C\I)CC1CCCCC1. The fourth-order valence-electron chi connectivity index (χ4n) is 1.71. The minimum absolute atomic E-state index is 0.0671. The first kappa shape index (κ1) is 9.49. The quantitative estimate of drug-likeness (QED) is 0.658. The molecule has 11 heavy (non-hydrogen) atoms. The third-order valence-corrected chi connectivity index (χ3v) is 3.00. The van der Waals surface area contributed by atoms with Crippen LogP contribution < -0.4 is 0 Å². The summed E-state index contributed by atoms with van der Waals surface area (Å²) in [5.41, 5.74) is 0. The molecule has 0 radical (unpaired) electrons. The van der Waals surface area contributed by atoms with Crippen molar-refractivity contribution in [1.29, 1.82) is 0 Å². The second-order valence-corrected chi connectivity index (χ2v) is 3.89. The van der Waals surface area contributed by atoms with Crippen molar-refractivity contribution in [2.75, 3.05) is 0 Å². The maximum absolute atomic E-state index is 12.8. The van der Waals surface area contributed by atoms with Gasteiger partial charge in [0.2, 0.25) is 0 Å². The van der Waals surface area contributed by atoms with Gasteiger partial charge in [-0.15, -0.1) is 0 Å². The molecule has 0 aromatic carbocycles. The second kappa shape index (κ2) is 5.12. The van der Waals surface area contributed by atoms with Gasteiger partial charge in [-0.05, 0) is 5.92 Å². The fourth-order valence-corrected chi connectivity index (χ4v) is 1.97. The highest BCUT2D eigenvalue weighted by Gasteiger charge is 2.14. The molecular weight excluding hydrogens is 254 g/mol. The smallest absolute Gasteiger partial charge is 0.106 e. The van der Waals surface area contributed by atoms with Gasteiger partial charge in [0.1, 0.15) is 5.83 Å². The summed E-state index contributed by atoms with van der Waals surface area (Å²) < 4.78 is 14.3. The van der Waals surface area contributed by atoms with Crippen molar-refractivity contribution in [3.8, 4) is 0 Å². The van der Waals surface area contributed by atoms with Crippen LogP contribution >= 0.6 is 22.6 Å². The molecule has 0 amide bonds. The van der Waals surface area contributed by atoms with Gasteiger partial charge in [0, 0.05) is 10.5 Å². The van der Waals surface area contributed by atoms with Crippen molar-refractivity contribution in [1.82, 2.24) is 0 Å². The van der Waals surface area contributed by atoms with E-state index in [1.165, 1.54) is 32.1 Å². The molecule has 2 heteroatoms. The Morgan fingerprint density at radius 1 is 1.36 bits per heavy atom. The Kier molecular flexibility index (Phi) is 4.41. The largest absolute Gasteiger partial charge is 0.211 e. The van der Waals surface area contributed by atoms with Crippen LogP contribution in [0.3, 0.4) is 0 Å². The maximum Gasteiger partial charge on any atom is 0.106 e. The van der Waals surface area contributed by atoms with Crippen LogP contribution in [0.25, 0.3) is 0 Å². The molecule has 0 heterocycles. The second-order valence-electron chi connectivity index (χ2n) is 3.26. The van der Waals surface area contributed by atoms with E-state index >= 15 is 0 Å². The van der Waals surface area contributed by atoms with Crippen molar-refractivity contribution in [2.24, 2.45) is 5.92 Å². The molecule has 1 aliphatic rings. The lowest BCUT2D eigenvalue weighted by molar-refractivity contribution is 0.337. The summed E-state index contributed by atoms with van der Waals surface area (Å²) >= 11 is 1.97. The van der Waals surface area contributed by atoms with E-state index in [2.05, 4.69) is 0 Å². The average Bonchev–Trinajstić information content (AvgIpc) is 2.06. The molecule has 0 aromatic heterocycles. The van der Waals surface area contributed by atoms with Gasteiger partial charge in [0.25, 0.3) is 0 Å². The van der Waals surface area contributed by atoms with Gasteiger partial charge in [-0.1, -0.05) is 54.7 Å². The van der Waals surface area contributed by atoms with E-state index in [0.717, 1.165) is 0 Å². The molecule has 1 aliphatic carbocycles. The molecule has 1 rings (SSSR count). The third-order valence-electron chi connectivity index (χ3n) is 2.33. The van der Waals surface area contributed by atoms with Crippen LogP contribution in [-0.4, -0.2) is 0 Å².